The molecule has 0 bridgehead atoms. The molecule has 2 rings (SSSR count). The van der Waals surface area contributed by atoms with E-state index < -0.39 is 0 Å². The topological polar surface area (TPSA) is 41.1 Å². The largest absolute Gasteiger partial charge is 0.302 e. The lowest BCUT2D eigenvalue weighted by molar-refractivity contribution is -0.119. The van der Waals surface area contributed by atoms with Gasteiger partial charge >= 0.3 is 0 Å². The van der Waals surface area contributed by atoms with Gasteiger partial charge in [0.05, 0.1) is 6.42 Å². The summed E-state index contributed by atoms with van der Waals surface area (Å²) in [5, 5.41) is 0. The van der Waals surface area contributed by atoms with Gasteiger partial charge in [-0.1, -0.05) is 0 Å². The molecule has 3 heteroatoms. The highest BCUT2D eigenvalue weighted by molar-refractivity contribution is 5.80. The molecule has 1 aliphatic heterocycles. The van der Waals surface area contributed by atoms with Crippen molar-refractivity contribution in [2.75, 3.05) is 0 Å². The third-order valence-corrected chi connectivity index (χ3v) is 2.32. The number of nitrogens with one attached hydrogen (secondary N) is 2. The van der Waals surface area contributed by atoms with Crippen LogP contribution in [0, 0.1) is 0 Å². The monoisotopic (exact) mass is 152 g/mol. The second-order valence-corrected chi connectivity index (χ2v) is 3.14. The molecule has 2 fully saturated rings. The number of hydrogen-bond donors (Lipinski definition) is 2. The van der Waals surface area contributed by atoms with Crippen molar-refractivity contribution in [3.8, 4) is 0 Å². The highest BCUT2D eigenvalue weighted by Crippen LogP contribution is 2.27. The smallest absolute Gasteiger partial charge is 0.244 e. The quantitative estimate of drug-likeness (QED) is 0.540. The van der Waals surface area contributed by atoms with Crippen LogP contribution < -0.4 is 10.9 Å². The minimum absolute atomic E-state index is 0.0967. The second-order valence-electron chi connectivity index (χ2n) is 3.14. The Labute approximate surface area is 65.8 Å². The number of amides is 1. The van der Waals surface area contributed by atoms with E-state index in [1.165, 1.54) is 31.3 Å². The average Bonchev–Trinajstić information content (AvgIpc) is 2.55. The zero-order valence-corrected chi connectivity index (χ0v) is 6.44. The lowest BCUT2D eigenvalue weighted by atomic mass is 10.1. The molecule has 0 unspecified atom stereocenters. The van der Waals surface area contributed by atoms with E-state index in [2.05, 4.69) is 10.9 Å². The lowest BCUT2D eigenvalue weighted by Crippen LogP contribution is -2.25. The predicted octanol–water partition coefficient (Wildman–Crippen LogP) is 0.839. The molecule has 2 N–H and O–H groups in total. The summed E-state index contributed by atoms with van der Waals surface area (Å²) in [6.07, 6.45) is 5.49. The molecule has 1 saturated carbocycles. The van der Waals surface area contributed by atoms with Gasteiger partial charge in [-0.25, -0.2) is 0 Å². The Kier molecular flexibility index (Phi) is 1.56. The van der Waals surface area contributed by atoms with Crippen LogP contribution in [0.5, 0.6) is 0 Å². The van der Waals surface area contributed by atoms with Crippen molar-refractivity contribution < 1.29 is 4.79 Å². The summed E-state index contributed by atoms with van der Waals surface area (Å²) in [4.78, 5) is 10.8. The summed E-state index contributed by atoms with van der Waals surface area (Å²) in [7, 11) is 0. The fourth-order valence-corrected chi connectivity index (χ4v) is 1.71. The third kappa shape index (κ3) is 1.23. The van der Waals surface area contributed by atoms with E-state index in [0.717, 1.165) is 5.70 Å². The van der Waals surface area contributed by atoms with E-state index >= 15 is 0 Å². The minimum atomic E-state index is 0.0967. The molecule has 0 aromatic carbocycles. The van der Waals surface area contributed by atoms with Crippen LogP contribution in [0.25, 0.3) is 0 Å². The Hall–Kier alpha value is -0.990. The maximum absolute atomic E-state index is 10.8. The summed E-state index contributed by atoms with van der Waals surface area (Å²) < 4.78 is 0. The Morgan fingerprint density at radius 1 is 1.09 bits per heavy atom. The van der Waals surface area contributed by atoms with Crippen LogP contribution in [0.15, 0.2) is 11.3 Å². The fraction of sp³-hybridized carbons (Fsp3) is 0.625. The molecule has 11 heavy (non-hydrogen) atoms. The van der Waals surface area contributed by atoms with Crippen molar-refractivity contribution in [3.05, 3.63) is 11.3 Å². The summed E-state index contributed by atoms with van der Waals surface area (Å²) in [6, 6.07) is 0. The highest BCUT2D eigenvalue weighted by atomic mass is 16.2. The third-order valence-electron chi connectivity index (χ3n) is 2.32. The first-order valence-corrected chi connectivity index (χ1v) is 4.12. The molecular weight excluding hydrogens is 140 g/mol. The number of allylic oxidation sites excluding steroid dienone is 1. The molecule has 1 saturated heterocycles. The number of hydrazine groups is 1. The van der Waals surface area contributed by atoms with Gasteiger partial charge in [-0.05, 0) is 31.3 Å². The molecule has 0 aromatic rings. The van der Waals surface area contributed by atoms with E-state index in [1.54, 1.807) is 0 Å². The van der Waals surface area contributed by atoms with Crippen LogP contribution in [0.1, 0.15) is 32.1 Å². The number of carbonyl (C=O) groups is 1. The lowest BCUT2D eigenvalue weighted by Gasteiger charge is -2.01. The second kappa shape index (κ2) is 2.57. The summed E-state index contributed by atoms with van der Waals surface area (Å²) >= 11 is 0. The molecule has 2 aliphatic rings. The molecule has 3 nitrogen and oxygen atoms in total. The number of carbonyl (C=O) groups excluding carboxylic acids is 1. The van der Waals surface area contributed by atoms with Gasteiger partial charge in [0.15, 0.2) is 0 Å². The molecular formula is C8H12N2O. The van der Waals surface area contributed by atoms with Gasteiger partial charge in [-0.3, -0.25) is 10.2 Å². The molecule has 1 amide bonds. The summed E-state index contributed by atoms with van der Waals surface area (Å²) in [5.74, 6) is 0.0967. The fourth-order valence-electron chi connectivity index (χ4n) is 1.71. The van der Waals surface area contributed by atoms with Crippen molar-refractivity contribution in [1.82, 2.24) is 10.9 Å². The first kappa shape index (κ1) is 6.70. The minimum Gasteiger partial charge on any atom is -0.302 e. The van der Waals surface area contributed by atoms with Gasteiger partial charge in [0.2, 0.25) is 5.91 Å². The van der Waals surface area contributed by atoms with Gasteiger partial charge in [0, 0.05) is 5.70 Å². The number of rotatable bonds is 0. The molecule has 1 heterocycles. The molecule has 0 aromatic heterocycles. The maximum Gasteiger partial charge on any atom is 0.244 e. The number of hydrogen-bond acceptors (Lipinski definition) is 2. The van der Waals surface area contributed by atoms with Gasteiger partial charge in [-0.2, -0.15) is 0 Å². The normalized spacial score (nSPS) is 23.8. The van der Waals surface area contributed by atoms with E-state index in [1.807, 2.05) is 0 Å². The summed E-state index contributed by atoms with van der Waals surface area (Å²) in [6.45, 7) is 0. The zero-order valence-electron chi connectivity index (χ0n) is 6.44. The van der Waals surface area contributed by atoms with E-state index in [0.29, 0.717) is 6.42 Å². The van der Waals surface area contributed by atoms with E-state index in [-0.39, 0.29) is 5.91 Å². The van der Waals surface area contributed by atoms with Crippen molar-refractivity contribution in [2.45, 2.75) is 32.1 Å². The Balaban J connectivity index is 2.13. The van der Waals surface area contributed by atoms with Crippen molar-refractivity contribution >= 4 is 5.91 Å². The van der Waals surface area contributed by atoms with Crippen LogP contribution >= 0.6 is 0 Å². The van der Waals surface area contributed by atoms with Crippen LogP contribution in [0.3, 0.4) is 0 Å². The molecule has 1 aliphatic carbocycles. The maximum atomic E-state index is 10.8. The molecule has 0 radical (unpaired) electrons. The first-order valence-electron chi connectivity index (χ1n) is 4.12. The average molecular weight is 152 g/mol. The van der Waals surface area contributed by atoms with Gasteiger partial charge < -0.3 is 5.43 Å². The van der Waals surface area contributed by atoms with Crippen molar-refractivity contribution in [2.24, 2.45) is 0 Å². The molecule has 0 spiro atoms. The molecule has 60 valence electrons. The summed E-state index contributed by atoms with van der Waals surface area (Å²) in [5.41, 5.74) is 8.11. The highest BCUT2D eigenvalue weighted by Gasteiger charge is 2.19. The Morgan fingerprint density at radius 3 is 2.36 bits per heavy atom. The molecule has 0 atom stereocenters. The van der Waals surface area contributed by atoms with Crippen LogP contribution in [-0.2, 0) is 4.79 Å². The predicted molar refractivity (Wildman–Crippen MR) is 41.4 cm³/mol. The zero-order chi connectivity index (χ0) is 7.68. The Morgan fingerprint density at radius 2 is 1.82 bits per heavy atom. The SMILES string of the molecule is O=C1CC(=C2CCCC2)NN1. The van der Waals surface area contributed by atoms with Crippen molar-refractivity contribution in [3.63, 3.8) is 0 Å². The van der Waals surface area contributed by atoms with Crippen LogP contribution in [0.2, 0.25) is 0 Å². The van der Waals surface area contributed by atoms with Gasteiger partial charge in [0.25, 0.3) is 0 Å². The standard InChI is InChI=1S/C8H12N2O/c11-8-5-7(9-10-8)6-3-1-2-4-6/h9H,1-5H2,(H,10,11). The van der Waals surface area contributed by atoms with Crippen molar-refractivity contribution in [1.29, 1.82) is 0 Å². The van der Waals surface area contributed by atoms with Crippen LogP contribution in [-0.4, -0.2) is 5.91 Å². The van der Waals surface area contributed by atoms with E-state index in [4.69, 9.17) is 0 Å². The van der Waals surface area contributed by atoms with Crippen LogP contribution in [0.4, 0.5) is 0 Å². The van der Waals surface area contributed by atoms with E-state index in [9.17, 15) is 4.79 Å². The van der Waals surface area contributed by atoms with Gasteiger partial charge in [-0.15, -0.1) is 0 Å². The Bertz CT molecular complexity index is 212. The van der Waals surface area contributed by atoms with Gasteiger partial charge in [0.1, 0.15) is 0 Å². The first-order chi connectivity index (χ1) is 5.36.